The zero-order chi connectivity index (χ0) is 18.5. The SMILES string of the molecule is CSc1c(C(=O)Nc2ccccc2)c2ccccc2n1CCCN(C)C. The number of carbonyl (C=O) groups is 1. The minimum Gasteiger partial charge on any atom is -0.335 e. The van der Waals surface area contributed by atoms with E-state index in [9.17, 15) is 4.79 Å². The number of nitrogens with zero attached hydrogens (tertiary/aromatic N) is 2. The first-order chi connectivity index (χ1) is 12.6. The molecule has 0 radical (unpaired) electrons. The molecule has 4 nitrogen and oxygen atoms in total. The molecule has 2 aromatic carbocycles. The molecule has 26 heavy (non-hydrogen) atoms. The molecule has 0 bridgehead atoms. The standard InChI is InChI=1S/C21H25N3OS/c1-23(2)14-9-15-24-18-13-8-7-12-17(18)19(21(24)26-3)20(25)22-16-10-5-4-6-11-16/h4-8,10-13H,9,14-15H2,1-3H3,(H,22,25). The normalized spacial score (nSPS) is 11.2. The number of benzene rings is 2. The van der Waals surface area contributed by atoms with Crippen molar-refractivity contribution in [1.82, 2.24) is 9.47 Å². The number of hydrogen-bond acceptors (Lipinski definition) is 3. The highest BCUT2D eigenvalue weighted by Gasteiger charge is 2.22. The first-order valence-electron chi connectivity index (χ1n) is 8.78. The van der Waals surface area contributed by atoms with Crippen molar-refractivity contribution in [3.63, 3.8) is 0 Å². The molecule has 1 aromatic heterocycles. The minimum absolute atomic E-state index is 0.0527. The molecule has 1 heterocycles. The van der Waals surface area contributed by atoms with Gasteiger partial charge in [0.2, 0.25) is 0 Å². The number of nitrogens with one attached hydrogen (secondary N) is 1. The summed E-state index contributed by atoms with van der Waals surface area (Å²) >= 11 is 1.63. The molecule has 0 aliphatic rings. The number of thioether (sulfide) groups is 1. The van der Waals surface area contributed by atoms with Crippen LogP contribution in [0.3, 0.4) is 0 Å². The average Bonchev–Trinajstić information content (AvgIpc) is 2.96. The molecular weight excluding hydrogens is 342 g/mol. The van der Waals surface area contributed by atoms with Crippen LogP contribution in [-0.4, -0.2) is 42.3 Å². The van der Waals surface area contributed by atoms with Crippen molar-refractivity contribution in [3.8, 4) is 0 Å². The summed E-state index contributed by atoms with van der Waals surface area (Å²) in [4.78, 5) is 15.2. The van der Waals surface area contributed by atoms with Crippen molar-refractivity contribution in [3.05, 3.63) is 60.2 Å². The summed E-state index contributed by atoms with van der Waals surface area (Å²) in [7, 11) is 4.17. The lowest BCUT2D eigenvalue weighted by atomic mass is 10.1. The van der Waals surface area contributed by atoms with E-state index in [0.717, 1.165) is 46.7 Å². The van der Waals surface area contributed by atoms with Gasteiger partial charge in [0, 0.05) is 23.1 Å². The van der Waals surface area contributed by atoms with Crippen LogP contribution in [0, 0.1) is 0 Å². The molecule has 136 valence electrons. The number of aryl methyl sites for hydroxylation is 1. The molecule has 0 fully saturated rings. The van der Waals surface area contributed by atoms with E-state index in [0.29, 0.717) is 0 Å². The Kier molecular flexibility index (Phi) is 6.01. The van der Waals surface area contributed by atoms with E-state index >= 15 is 0 Å². The fourth-order valence-corrected chi connectivity index (χ4v) is 4.01. The monoisotopic (exact) mass is 367 g/mol. The molecular formula is C21H25N3OS. The summed E-state index contributed by atoms with van der Waals surface area (Å²) in [6.07, 6.45) is 3.08. The summed E-state index contributed by atoms with van der Waals surface area (Å²) in [5.41, 5.74) is 2.70. The van der Waals surface area contributed by atoms with Crippen LogP contribution >= 0.6 is 11.8 Å². The quantitative estimate of drug-likeness (QED) is 0.622. The smallest absolute Gasteiger partial charge is 0.259 e. The third-order valence-electron chi connectivity index (χ3n) is 4.36. The highest BCUT2D eigenvalue weighted by atomic mass is 32.2. The van der Waals surface area contributed by atoms with Gasteiger partial charge in [-0.15, -0.1) is 11.8 Å². The molecule has 3 rings (SSSR count). The van der Waals surface area contributed by atoms with Gasteiger partial charge in [-0.3, -0.25) is 4.79 Å². The van der Waals surface area contributed by atoms with E-state index in [1.165, 1.54) is 0 Å². The van der Waals surface area contributed by atoms with Crippen LogP contribution in [0.1, 0.15) is 16.8 Å². The number of fused-ring (bicyclic) bond motifs is 1. The van der Waals surface area contributed by atoms with E-state index in [4.69, 9.17) is 0 Å². The summed E-state index contributed by atoms with van der Waals surface area (Å²) < 4.78 is 2.28. The first-order valence-corrected chi connectivity index (χ1v) is 10.0. The van der Waals surface area contributed by atoms with Crippen LogP contribution in [0.15, 0.2) is 59.6 Å². The van der Waals surface area contributed by atoms with E-state index < -0.39 is 0 Å². The first kappa shape index (κ1) is 18.5. The highest BCUT2D eigenvalue weighted by Crippen LogP contribution is 2.33. The molecule has 1 amide bonds. The molecule has 0 saturated carbocycles. The summed E-state index contributed by atoms with van der Waals surface area (Å²) in [6, 6.07) is 17.8. The van der Waals surface area contributed by atoms with Crippen molar-refractivity contribution >= 4 is 34.3 Å². The van der Waals surface area contributed by atoms with Crippen LogP contribution < -0.4 is 5.32 Å². The van der Waals surface area contributed by atoms with Gasteiger partial charge in [-0.1, -0.05) is 36.4 Å². The molecule has 0 aliphatic carbocycles. The molecule has 1 N–H and O–H groups in total. The predicted octanol–water partition coefficient (Wildman–Crippen LogP) is 4.57. The number of rotatable bonds is 7. The Labute approximate surface area is 159 Å². The second-order valence-electron chi connectivity index (χ2n) is 6.53. The zero-order valence-corrected chi connectivity index (χ0v) is 16.3. The summed E-state index contributed by atoms with van der Waals surface area (Å²) in [5, 5.41) is 5.07. The Morgan fingerprint density at radius 1 is 1.08 bits per heavy atom. The van der Waals surface area contributed by atoms with Crippen molar-refractivity contribution < 1.29 is 4.79 Å². The number of hydrogen-bond donors (Lipinski definition) is 1. The molecule has 3 aromatic rings. The van der Waals surface area contributed by atoms with Crippen LogP contribution in [0.4, 0.5) is 5.69 Å². The summed E-state index contributed by atoms with van der Waals surface area (Å²) in [5.74, 6) is -0.0527. The number of carbonyl (C=O) groups excluding carboxylic acids is 1. The highest BCUT2D eigenvalue weighted by molar-refractivity contribution is 7.98. The van der Waals surface area contributed by atoms with Gasteiger partial charge in [0.15, 0.2) is 0 Å². The Hall–Kier alpha value is -2.24. The fraction of sp³-hybridized carbons (Fsp3) is 0.286. The Bertz CT molecular complexity index is 887. The Morgan fingerprint density at radius 3 is 2.46 bits per heavy atom. The minimum atomic E-state index is -0.0527. The maximum Gasteiger partial charge on any atom is 0.259 e. The average molecular weight is 368 g/mol. The lowest BCUT2D eigenvalue weighted by Crippen LogP contribution is -2.16. The number of aromatic nitrogens is 1. The molecule has 0 aliphatic heterocycles. The molecule has 5 heteroatoms. The number of para-hydroxylation sites is 2. The predicted molar refractivity (Wildman–Crippen MR) is 111 cm³/mol. The van der Waals surface area contributed by atoms with Crippen LogP contribution in [0.5, 0.6) is 0 Å². The Balaban J connectivity index is 1.99. The number of anilines is 1. The second-order valence-corrected chi connectivity index (χ2v) is 7.32. The van der Waals surface area contributed by atoms with Crippen LogP contribution in [0.25, 0.3) is 10.9 Å². The van der Waals surface area contributed by atoms with Gasteiger partial charge in [-0.2, -0.15) is 0 Å². The van der Waals surface area contributed by atoms with Gasteiger partial charge in [0.1, 0.15) is 0 Å². The maximum absolute atomic E-state index is 13.1. The lowest BCUT2D eigenvalue weighted by Gasteiger charge is -2.13. The van der Waals surface area contributed by atoms with Crippen molar-refractivity contribution in [2.45, 2.75) is 18.0 Å². The zero-order valence-electron chi connectivity index (χ0n) is 15.5. The van der Waals surface area contributed by atoms with Crippen LogP contribution in [-0.2, 0) is 6.54 Å². The largest absolute Gasteiger partial charge is 0.335 e. The molecule has 0 spiro atoms. The Morgan fingerprint density at radius 2 is 1.77 bits per heavy atom. The van der Waals surface area contributed by atoms with Gasteiger partial charge in [0.05, 0.1) is 10.6 Å². The van der Waals surface area contributed by atoms with Gasteiger partial charge >= 0.3 is 0 Å². The van der Waals surface area contributed by atoms with Crippen LogP contribution in [0.2, 0.25) is 0 Å². The van der Waals surface area contributed by atoms with E-state index in [2.05, 4.69) is 34.9 Å². The molecule has 0 saturated heterocycles. The second kappa shape index (κ2) is 8.43. The molecule has 0 atom stereocenters. The van der Waals surface area contributed by atoms with E-state index in [-0.39, 0.29) is 5.91 Å². The topological polar surface area (TPSA) is 37.3 Å². The fourth-order valence-electron chi connectivity index (χ4n) is 3.19. The van der Waals surface area contributed by atoms with Gasteiger partial charge in [-0.05, 0) is 51.5 Å². The van der Waals surface area contributed by atoms with E-state index in [1.54, 1.807) is 11.8 Å². The van der Waals surface area contributed by atoms with Crippen molar-refractivity contribution in [2.75, 3.05) is 32.2 Å². The third-order valence-corrected chi connectivity index (χ3v) is 5.17. The van der Waals surface area contributed by atoms with Crippen molar-refractivity contribution in [2.24, 2.45) is 0 Å². The maximum atomic E-state index is 13.1. The molecule has 0 unspecified atom stereocenters. The van der Waals surface area contributed by atoms with Gasteiger partial charge in [-0.25, -0.2) is 0 Å². The van der Waals surface area contributed by atoms with E-state index in [1.807, 2.05) is 54.8 Å². The van der Waals surface area contributed by atoms with Gasteiger partial charge in [0.25, 0.3) is 5.91 Å². The van der Waals surface area contributed by atoms with Crippen molar-refractivity contribution in [1.29, 1.82) is 0 Å². The summed E-state index contributed by atoms with van der Waals surface area (Å²) in [6.45, 7) is 1.92. The number of amides is 1. The third kappa shape index (κ3) is 3.94. The van der Waals surface area contributed by atoms with Gasteiger partial charge < -0.3 is 14.8 Å². The lowest BCUT2D eigenvalue weighted by molar-refractivity contribution is 0.102.